The van der Waals surface area contributed by atoms with Crippen LogP contribution in [0.25, 0.3) is 0 Å². The third kappa shape index (κ3) is 2.83. The minimum absolute atomic E-state index is 0.230. The molecule has 0 saturated heterocycles. The van der Waals surface area contributed by atoms with Gasteiger partial charge in [0, 0.05) is 30.4 Å². The molecule has 0 aromatic rings. The average molecular weight is 191 g/mol. The molecule has 12 heavy (non-hydrogen) atoms. The second-order valence-corrected chi connectivity index (χ2v) is 3.49. The largest absolute Gasteiger partial charge is 0.324 e. The minimum atomic E-state index is -0.274. The van der Waals surface area contributed by atoms with Crippen molar-refractivity contribution in [2.75, 3.05) is 7.05 Å². The molecule has 0 aromatic heterocycles. The number of hydrogen-bond acceptors (Lipinski definition) is 2. The van der Waals surface area contributed by atoms with Crippen molar-refractivity contribution >= 4 is 17.7 Å². The number of hydrogen-bond donors (Lipinski definition) is 1. The zero-order valence-corrected chi connectivity index (χ0v) is 8.64. The van der Waals surface area contributed by atoms with Gasteiger partial charge < -0.3 is 5.73 Å². The number of carbonyl (C=O) groups is 1. The van der Waals surface area contributed by atoms with Crippen LogP contribution >= 0.6 is 11.8 Å². The van der Waals surface area contributed by atoms with Crippen molar-refractivity contribution in [1.82, 2.24) is 4.42 Å². The van der Waals surface area contributed by atoms with Crippen molar-refractivity contribution in [3.8, 4) is 0 Å². The highest BCUT2D eigenvalue weighted by Gasteiger charge is 2.17. The number of likely N-dealkylation sites (N-methyl/N-ethyl adjacent to an activating group) is 1. The third-order valence-electron chi connectivity index (χ3n) is 1.50. The summed E-state index contributed by atoms with van der Waals surface area (Å²) < 4.78 is 1.02. The Morgan fingerprint density at radius 3 is 2.00 bits per heavy atom. The van der Waals surface area contributed by atoms with Gasteiger partial charge >= 0.3 is 0 Å². The maximum atomic E-state index is 11.4. The van der Waals surface area contributed by atoms with E-state index >= 15 is 0 Å². The lowest BCUT2D eigenvalue weighted by atomic mass is 10.0. The molecule has 70 valence electrons. The molecule has 0 aliphatic rings. The predicted octanol–water partition coefficient (Wildman–Crippen LogP) is 1.28. The second kappa shape index (κ2) is 4.48. The topological polar surface area (TPSA) is 46.3 Å². The van der Waals surface area contributed by atoms with Crippen LogP contribution in [0.4, 0.5) is 0 Å². The van der Waals surface area contributed by atoms with Gasteiger partial charge in [-0.05, 0) is 20.8 Å². The van der Waals surface area contributed by atoms with Gasteiger partial charge in [0.05, 0.1) is 0 Å². The summed E-state index contributed by atoms with van der Waals surface area (Å²) in [6.07, 6.45) is 0. The Morgan fingerprint density at radius 2 is 1.92 bits per heavy atom. The second-order valence-electron chi connectivity index (χ2n) is 2.98. The molecule has 0 aliphatic carbocycles. The summed E-state index contributed by atoms with van der Waals surface area (Å²) in [5.74, 6) is -0.230. The molecule has 0 heterocycles. The number of carbonyl (C=O) groups excluding carboxylic acids is 1. The van der Waals surface area contributed by atoms with Crippen molar-refractivity contribution in [2.24, 2.45) is 5.73 Å². The Kier molecular flexibility index (Phi) is 4.28. The van der Waals surface area contributed by atoms with Crippen LogP contribution in [0.5, 0.6) is 0 Å². The van der Waals surface area contributed by atoms with E-state index in [9.17, 15) is 4.79 Å². The highest BCUT2D eigenvalue weighted by molar-refractivity contribution is 6.23. The highest BCUT2D eigenvalue weighted by Crippen LogP contribution is 2.11. The quantitative estimate of drug-likeness (QED) is 0.527. The van der Waals surface area contributed by atoms with Crippen LogP contribution in [0.1, 0.15) is 20.8 Å². The van der Waals surface area contributed by atoms with Crippen molar-refractivity contribution in [1.29, 1.82) is 0 Å². The Labute approximate surface area is 78.3 Å². The van der Waals surface area contributed by atoms with Crippen LogP contribution in [0.3, 0.4) is 0 Å². The summed E-state index contributed by atoms with van der Waals surface area (Å²) in [6.45, 7) is 5.45. The molecule has 0 bridgehead atoms. The van der Waals surface area contributed by atoms with Crippen molar-refractivity contribution < 1.29 is 4.79 Å². The lowest BCUT2D eigenvalue weighted by Gasteiger charge is -2.15. The Hall–Kier alpha value is -0.540. The van der Waals surface area contributed by atoms with Gasteiger partial charge in [-0.15, -0.1) is 0 Å². The van der Waals surface area contributed by atoms with Crippen LogP contribution in [-0.2, 0) is 4.79 Å². The maximum Gasteiger partial charge on any atom is 0.265 e. The van der Waals surface area contributed by atoms with Gasteiger partial charge in [-0.1, -0.05) is 5.57 Å². The molecule has 2 N–H and O–H groups in total. The van der Waals surface area contributed by atoms with Gasteiger partial charge in [-0.3, -0.25) is 9.21 Å². The standard InChI is InChI=1S/C8H15ClN2O/c1-5(2)7(6(3)10)8(12)11(4)9/h6H,10H2,1-4H3. The summed E-state index contributed by atoms with van der Waals surface area (Å²) in [7, 11) is 1.50. The van der Waals surface area contributed by atoms with Crippen LogP contribution in [0, 0.1) is 0 Å². The van der Waals surface area contributed by atoms with E-state index in [0.29, 0.717) is 5.57 Å². The number of rotatable bonds is 2. The highest BCUT2D eigenvalue weighted by atomic mass is 35.5. The first-order valence-electron chi connectivity index (χ1n) is 3.74. The van der Waals surface area contributed by atoms with E-state index in [-0.39, 0.29) is 11.9 Å². The SMILES string of the molecule is CC(C)=C(C(=O)N(C)Cl)C(C)N. The normalized spacial score (nSPS) is 12.2. The molecule has 0 aliphatic heterocycles. The van der Waals surface area contributed by atoms with E-state index in [1.807, 2.05) is 13.8 Å². The Morgan fingerprint density at radius 1 is 1.50 bits per heavy atom. The smallest absolute Gasteiger partial charge is 0.265 e. The first kappa shape index (κ1) is 11.5. The van der Waals surface area contributed by atoms with Crippen LogP contribution < -0.4 is 5.73 Å². The molecule has 0 spiro atoms. The predicted molar refractivity (Wildman–Crippen MR) is 50.6 cm³/mol. The van der Waals surface area contributed by atoms with E-state index < -0.39 is 0 Å². The van der Waals surface area contributed by atoms with Gasteiger partial charge in [0.1, 0.15) is 0 Å². The zero-order chi connectivity index (χ0) is 9.89. The molecule has 3 nitrogen and oxygen atoms in total. The van der Waals surface area contributed by atoms with E-state index in [1.165, 1.54) is 7.05 Å². The molecule has 0 aromatic carbocycles. The first-order valence-corrected chi connectivity index (χ1v) is 4.08. The first-order chi connectivity index (χ1) is 5.37. The van der Waals surface area contributed by atoms with Gasteiger partial charge in [-0.2, -0.15) is 0 Å². The molecule has 0 saturated carbocycles. The van der Waals surface area contributed by atoms with E-state index in [4.69, 9.17) is 17.5 Å². The lowest BCUT2D eigenvalue weighted by Crippen LogP contribution is -2.30. The maximum absolute atomic E-state index is 11.4. The summed E-state index contributed by atoms with van der Waals surface area (Å²) in [5.41, 5.74) is 7.09. The van der Waals surface area contributed by atoms with Crippen LogP contribution in [0.15, 0.2) is 11.1 Å². The number of halogens is 1. The average Bonchev–Trinajstić information content (AvgIpc) is 1.85. The fourth-order valence-corrected chi connectivity index (χ4v) is 1.12. The summed E-state index contributed by atoms with van der Waals surface area (Å²) >= 11 is 5.51. The van der Waals surface area contributed by atoms with Gasteiger partial charge in [-0.25, -0.2) is 0 Å². The Balaban J connectivity index is 4.80. The third-order valence-corrected chi connectivity index (χ3v) is 1.66. The van der Waals surface area contributed by atoms with E-state index in [0.717, 1.165) is 9.99 Å². The minimum Gasteiger partial charge on any atom is -0.324 e. The Bertz CT molecular complexity index is 205. The summed E-state index contributed by atoms with van der Waals surface area (Å²) in [5, 5.41) is 0. The van der Waals surface area contributed by atoms with Crippen molar-refractivity contribution in [3.63, 3.8) is 0 Å². The molecule has 1 unspecified atom stereocenters. The molecule has 0 fully saturated rings. The van der Waals surface area contributed by atoms with Crippen molar-refractivity contribution in [2.45, 2.75) is 26.8 Å². The molecule has 4 heteroatoms. The lowest BCUT2D eigenvalue weighted by molar-refractivity contribution is -0.122. The van der Waals surface area contributed by atoms with E-state index in [2.05, 4.69) is 0 Å². The number of nitrogens with zero attached hydrogens (tertiary/aromatic N) is 1. The number of amides is 1. The fraction of sp³-hybridized carbons (Fsp3) is 0.625. The van der Waals surface area contributed by atoms with Crippen LogP contribution in [-0.4, -0.2) is 23.4 Å². The monoisotopic (exact) mass is 190 g/mol. The molecule has 0 rings (SSSR count). The van der Waals surface area contributed by atoms with E-state index in [1.54, 1.807) is 6.92 Å². The summed E-state index contributed by atoms with van der Waals surface area (Å²) in [4.78, 5) is 11.4. The van der Waals surface area contributed by atoms with Gasteiger partial charge in [0.25, 0.3) is 5.91 Å². The van der Waals surface area contributed by atoms with Crippen LogP contribution in [0.2, 0.25) is 0 Å². The number of nitrogens with two attached hydrogens (primary N) is 1. The van der Waals surface area contributed by atoms with Gasteiger partial charge in [0.15, 0.2) is 0 Å². The van der Waals surface area contributed by atoms with Crippen molar-refractivity contribution in [3.05, 3.63) is 11.1 Å². The molecule has 1 amide bonds. The summed E-state index contributed by atoms with van der Waals surface area (Å²) in [6, 6.07) is -0.274. The molecular formula is C8H15ClN2O. The molecule has 1 atom stereocenters. The van der Waals surface area contributed by atoms with Gasteiger partial charge in [0.2, 0.25) is 0 Å². The fourth-order valence-electron chi connectivity index (χ4n) is 1.03. The zero-order valence-electron chi connectivity index (χ0n) is 7.89. The molecular weight excluding hydrogens is 176 g/mol. The molecule has 0 radical (unpaired) electrons. The number of allylic oxidation sites excluding steroid dienone is 1.